The molecule has 1 heterocycles. The Bertz CT molecular complexity index is 470. The van der Waals surface area contributed by atoms with E-state index in [1.807, 2.05) is 0 Å². The van der Waals surface area contributed by atoms with E-state index >= 15 is 0 Å². The highest BCUT2D eigenvalue weighted by Gasteiger charge is 2.26. The van der Waals surface area contributed by atoms with E-state index in [1.54, 1.807) is 6.07 Å². The summed E-state index contributed by atoms with van der Waals surface area (Å²) in [4.78, 5) is 0.0260. The molecule has 1 N–H and O–H groups in total. The number of phenols is 1. The number of phenolic OH excluding ortho intramolecular Hbond substituents is 1. The summed E-state index contributed by atoms with van der Waals surface area (Å²) in [5.74, 6) is -2.71. The van der Waals surface area contributed by atoms with Crippen molar-refractivity contribution in [3.8, 4) is 5.75 Å². The molecule has 0 unspecified atom stereocenters. The summed E-state index contributed by atoms with van der Waals surface area (Å²) in [6, 6.07) is 6.04. The van der Waals surface area contributed by atoms with Crippen LogP contribution in [0.25, 0.3) is 10.1 Å². The van der Waals surface area contributed by atoms with Gasteiger partial charge in [-0.1, -0.05) is 0 Å². The van der Waals surface area contributed by atoms with Crippen molar-refractivity contribution >= 4 is 21.4 Å². The minimum absolute atomic E-state index is 0.0260. The van der Waals surface area contributed by atoms with Crippen molar-refractivity contribution < 1.29 is 13.9 Å². The summed E-state index contributed by atoms with van der Waals surface area (Å²) in [5, 5.41) is 9.82. The Morgan fingerprint density at radius 3 is 2.64 bits per heavy atom. The lowest BCUT2D eigenvalue weighted by molar-refractivity contribution is 0.0216. The van der Waals surface area contributed by atoms with Gasteiger partial charge < -0.3 is 5.11 Å². The van der Waals surface area contributed by atoms with Crippen molar-refractivity contribution in [2.75, 3.05) is 0 Å². The maximum absolute atomic E-state index is 12.9. The van der Waals surface area contributed by atoms with Crippen molar-refractivity contribution in [2.45, 2.75) is 12.8 Å². The van der Waals surface area contributed by atoms with Gasteiger partial charge in [-0.15, -0.1) is 11.3 Å². The molecule has 4 heteroatoms. The average molecular weight is 214 g/mol. The Hall–Kier alpha value is -1.16. The minimum Gasteiger partial charge on any atom is -0.508 e. The molecule has 1 aromatic heterocycles. The molecule has 1 aromatic carbocycles. The lowest BCUT2D eigenvalue weighted by Crippen LogP contribution is -2.02. The van der Waals surface area contributed by atoms with Crippen LogP contribution in [0.3, 0.4) is 0 Å². The number of thiophene rings is 1. The molecule has 0 aliphatic heterocycles. The molecular weight excluding hydrogens is 206 g/mol. The van der Waals surface area contributed by atoms with Crippen molar-refractivity contribution in [1.82, 2.24) is 0 Å². The third-order valence-electron chi connectivity index (χ3n) is 1.93. The van der Waals surface area contributed by atoms with Crippen LogP contribution in [0.1, 0.15) is 11.8 Å². The fraction of sp³-hybridized carbons (Fsp3) is 0.200. The van der Waals surface area contributed by atoms with Crippen LogP contribution in [0.2, 0.25) is 0 Å². The van der Waals surface area contributed by atoms with Crippen molar-refractivity contribution in [3.63, 3.8) is 0 Å². The maximum Gasteiger partial charge on any atom is 0.279 e. The van der Waals surface area contributed by atoms with Crippen molar-refractivity contribution in [2.24, 2.45) is 0 Å². The highest BCUT2D eigenvalue weighted by molar-refractivity contribution is 7.19. The van der Waals surface area contributed by atoms with Gasteiger partial charge in [0.05, 0.1) is 4.88 Å². The normalized spacial score (nSPS) is 12.2. The quantitative estimate of drug-likeness (QED) is 0.767. The molecule has 0 atom stereocenters. The summed E-state index contributed by atoms with van der Waals surface area (Å²) in [7, 11) is 0. The third kappa shape index (κ3) is 1.57. The number of alkyl halides is 2. The van der Waals surface area contributed by atoms with Gasteiger partial charge in [-0.3, -0.25) is 0 Å². The molecule has 0 amide bonds. The zero-order chi connectivity index (χ0) is 10.3. The van der Waals surface area contributed by atoms with E-state index < -0.39 is 5.92 Å². The molecule has 2 rings (SSSR count). The number of fused-ring (bicyclic) bond motifs is 1. The lowest BCUT2D eigenvalue weighted by atomic mass is 10.2. The van der Waals surface area contributed by atoms with Crippen LogP contribution < -0.4 is 0 Å². The Balaban J connectivity index is 2.63. The summed E-state index contributed by atoms with van der Waals surface area (Å²) in [6.45, 7) is 0.873. The van der Waals surface area contributed by atoms with Gasteiger partial charge in [0.2, 0.25) is 0 Å². The minimum atomic E-state index is -2.81. The molecule has 0 radical (unpaired) electrons. The number of hydrogen-bond acceptors (Lipinski definition) is 2. The van der Waals surface area contributed by atoms with Gasteiger partial charge in [-0.25, -0.2) is 8.78 Å². The number of hydrogen-bond donors (Lipinski definition) is 1. The molecule has 14 heavy (non-hydrogen) atoms. The molecule has 0 saturated carbocycles. The van der Waals surface area contributed by atoms with Gasteiger partial charge in [-0.2, -0.15) is 0 Å². The molecule has 0 fully saturated rings. The van der Waals surface area contributed by atoms with Gasteiger partial charge in [0.15, 0.2) is 0 Å². The van der Waals surface area contributed by atoms with Gasteiger partial charge in [0.1, 0.15) is 5.75 Å². The zero-order valence-corrected chi connectivity index (χ0v) is 8.24. The maximum atomic E-state index is 12.9. The first-order chi connectivity index (χ1) is 6.47. The SMILES string of the molecule is CC(F)(F)c1cc2cc(O)ccc2s1. The van der Waals surface area contributed by atoms with Crippen LogP contribution in [-0.4, -0.2) is 5.11 Å². The second-order valence-electron chi connectivity index (χ2n) is 3.22. The van der Waals surface area contributed by atoms with Crippen LogP contribution in [0.5, 0.6) is 5.75 Å². The summed E-state index contributed by atoms with van der Waals surface area (Å²) in [6.07, 6.45) is 0. The largest absolute Gasteiger partial charge is 0.508 e. The average Bonchev–Trinajstić information content (AvgIpc) is 2.45. The predicted octanol–water partition coefficient (Wildman–Crippen LogP) is 3.72. The van der Waals surface area contributed by atoms with E-state index in [2.05, 4.69) is 0 Å². The van der Waals surface area contributed by atoms with E-state index in [-0.39, 0.29) is 10.6 Å². The van der Waals surface area contributed by atoms with Crippen LogP contribution in [0.15, 0.2) is 24.3 Å². The molecule has 0 spiro atoms. The summed E-state index contributed by atoms with van der Waals surface area (Å²) >= 11 is 1.05. The van der Waals surface area contributed by atoms with Gasteiger partial charge in [0, 0.05) is 11.6 Å². The fourth-order valence-corrected chi connectivity index (χ4v) is 2.22. The third-order valence-corrected chi connectivity index (χ3v) is 3.22. The highest BCUT2D eigenvalue weighted by atomic mass is 32.1. The Kier molecular flexibility index (Phi) is 1.96. The van der Waals surface area contributed by atoms with Gasteiger partial charge in [-0.05, 0) is 29.7 Å². The van der Waals surface area contributed by atoms with Crippen LogP contribution in [-0.2, 0) is 5.92 Å². The second kappa shape index (κ2) is 2.92. The molecule has 2 aromatic rings. The first kappa shape index (κ1) is 9.40. The Morgan fingerprint density at radius 1 is 1.29 bits per heavy atom. The summed E-state index contributed by atoms with van der Waals surface area (Å²) < 4.78 is 26.6. The Labute approximate surface area is 83.6 Å². The topological polar surface area (TPSA) is 20.2 Å². The number of benzene rings is 1. The molecule has 74 valence electrons. The van der Waals surface area contributed by atoms with E-state index in [0.717, 1.165) is 23.0 Å². The molecule has 0 aliphatic carbocycles. The first-order valence-electron chi connectivity index (χ1n) is 4.08. The smallest absolute Gasteiger partial charge is 0.279 e. The van der Waals surface area contributed by atoms with Crippen molar-refractivity contribution in [3.05, 3.63) is 29.1 Å². The fourth-order valence-electron chi connectivity index (χ4n) is 1.25. The molecule has 0 aliphatic rings. The standard InChI is InChI=1S/C10H8F2OS/c1-10(11,12)9-5-6-4-7(13)2-3-8(6)14-9/h2-5,13H,1H3. The highest BCUT2D eigenvalue weighted by Crippen LogP contribution is 2.37. The van der Waals surface area contributed by atoms with Crippen molar-refractivity contribution in [1.29, 1.82) is 0 Å². The predicted molar refractivity (Wildman–Crippen MR) is 53.1 cm³/mol. The van der Waals surface area contributed by atoms with E-state index in [4.69, 9.17) is 5.11 Å². The zero-order valence-electron chi connectivity index (χ0n) is 7.42. The van der Waals surface area contributed by atoms with Crippen LogP contribution >= 0.6 is 11.3 Å². The number of halogens is 2. The van der Waals surface area contributed by atoms with E-state index in [9.17, 15) is 8.78 Å². The van der Waals surface area contributed by atoms with E-state index in [0.29, 0.717) is 5.39 Å². The van der Waals surface area contributed by atoms with Crippen LogP contribution in [0, 0.1) is 0 Å². The van der Waals surface area contributed by atoms with Gasteiger partial charge >= 0.3 is 0 Å². The molecule has 0 saturated heterocycles. The van der Waals surface area contributed by atoms with Gasteiger partial charge in [0.25, 0.3) is 5.92 Å². The summed E-state index contributed by atoms with van der Waals surface area (Å²) in [5.41, 5.74) is 0. The second-order valence-corrected chi connectivity index (χ2v) is 4.30. The number of aromatic hydroxyl groups is 1. The first-order valence-corrected chi connectivity index (χ1v) is 4.89. The molecule has 1 nitrogen and oxygen atoms in total. The monoisotopic (exact) mass is 214 g/mol. The molecule has 0 bridgehead atoms. The Morgan fingerprint density at radius 2 is 2.00 bits per heavy atom. The number of rotatable bonds is 1. The lowest BCUT2D eigenvalue weighted by Gasteiger charge is -2.04. The van der Waals surface area contributed by atoms with E-state index in [1.165, 1.54) is 18.2 Å². The van der Waals surface area contributed by atoms with Crippen LogP contribution in [0.4, 0.5) is 8.78 Å². The molecular formula is C10H8F2OS.